The number of nitrogens with zero attached hydrogens (tertiary/aromatic N) is 2. The van der Waals surface area contributed by atoms with Gasteiger partial charge in [-0.25, -0.2) is 4.98 Å². The summed E-state index contributed by atoms with van der Waals surface area (Å²) in [7, 11) is 0. The Hall–Kier alpha value is -5.15. The average Bonchev–Trinajstić information content (AvgIpc) is 3.58. The lowest BCUT2D eigenvalue weighted by Crippen LogP contribution is -1.86. The van der Waals surface area contributed by atoms with Gasteiger partial charge in [-0.3, -0.25) is 0 Å². The fourth-order valence-corrected chi connectivity index (χ4v) is 5.57. The van der Waals surface area contributed by atoms with E-state index in [0.717, 1.165) is 50.0 Å². The molecule has 0 aliphatic carbocycles. The summed E-state index contributed by atoms with van der Waals surface area (Å²) in [6.07, 6.45) is 4.10. The first-order valence-electron chi connectivity index (χ1n) is 12.8. The Balaban J connectivity index is 1.26. The molecule has 0 saturated carbocycles. The molecule has 0 aliphatic rings. The minimum absolute atomic E-state index is 0.915. The van der Waals surface area contributed by atoms with Gasteiger partial charge in [-0.2, -0.15) is 0 Å². The second-order valence-electron chi connectivity index (χ2n) is 9.70. The summed E-state index contributed by atoms with van der Waals surface area (Å²) in [6.45, 7) is 0. The topological polar surface area (TPSA) is 30.4 Å². The minimum Gasteiger partial charge on any atom is -0.455 e. The smallest absolute Gasteiger partial charge is 0.143 e. The molecule has 3 nitrogen and oxygen atoms in total. The van der Waals surface area contributed by atoms with E-state index in [2.05, 4.69) is 102 Å². The van der Waals surface area contributed by atoms with Crippen LogP contribution in [0.3, 0.4) is 0 Å². The predicted octanol–water partition coefficient (Wildman–Crippen LogP) is 9.39. The van der Waals surface area contributed by atoms with Crippen LogP contribution in [-0.2, 0) is 0 Å². The number of furan rings is 1. The molecule has 3 aromatic heterocycles. The summed E-state index contributed by atoms with van der Waals surface area (Å²) in [5, 5.41) is 4.70. The molecular formula is C35H22N2O. The maximum atomic E-state index is 6.47. The van der Waals surface area contributed by atoms with Crippen LogP contribution in [0, 0.1) is 0 Å². The number of pyridine rings is 1. The van der Waals surface area contributed by atoms with Crippen LogP contribution in [0.25, 0.3) is 71.9 Å². The van der Waals surface area contributed by atoms with Gasteiger partial charge in [-0.05, 0) is 57.8 Å². The maximum absolute atomic E-state index is 6.47. The van der Waals surface area contributed by atoms with Crippen molar-refractivity contribution in [3.63, 3.8) is 0 Å². The van der Waals surface area contributed by atoms with E-state index in [4.69, 9.17) is 9.40 Å². The second kappa shape index (κ2) is 8.19. The molecule has 0 fully saturated rings. The standard InChI is InChI=1S/C35H22N2O/c1-2-11-28-26(8-1)21-30-29-12-3-4-13-32(29)38-35(30)34(28)27-10-7-9-25(20-27)23-15-17-24(18-16-23)31-22-37-19-6-5-14-33(37)36-31/h1-22H. The van der Waals surface area contributed by atoms with Crippen LogP contribution < -0.4 is 0 Å². The Morgan fingerprint density at radius 1 is 0.553 bits per heavy atom. The highest BCUT2D eigenvalue weighted by Crippen LogP contribution is 2.41. The molecular weight excluding hydrogens is 464 g/mol. The Bertz CT molecular complexity index is 2100. The van der Waals surface area contributed by atoms with Crippen LogP contribution in [0.1, 0.15) is 0 Å². The summed E-state index contributed by atoms with van der Waals surface area (Å²) in [4.78, 5) is 4.77. The molecule has 0 aliphatic heterocycles. The van der Waals surface area contributed by atoms with Gasteiger partial charge in [0.1, 0.15) is 16.8 Å². The van der Waals surface area contributed by atoms with Crippen LogP contribution in [-0.4, -0.2) is 9.38 Å². The van der Waals surface area contributed by atoms with Crippen molar-refractivity contribution in [2.24, 2.45) is 0 Å². The Kier molecular flexibility index (Phi) is 4.52. The van der Waals surface area contributed by atoms with Gasteiger partial charge >= 0.3 is 0 Å². The number of hydrogen-bond donors (Lipinski definition) is 0. The van der Waals surface area contributed by atoms with Crippen LogP contribution >= 0.6 is 0 Å². The number of rotatable bonds is 3. The number of benzene rings is 5. The van der Waals surface area contributed by atoms with Crippen molar-refractivity contribution in [3.05, 3.63) is 134 Å². The van der Waals surface area contributed by atoms with E-state index >= 15 is 0 Å². The zero-order chi connectivity index (χ0) is 25.1. The van der Waals surface area contributed by atoms with E-state index in [1.165, 1.54) is 21.9 Å². The summed E-state index contributed by atoms with van der Waals surface area (Å²) in [5.74, 6) is 0. The lowest BCUT2D eigenvalue weighted by Gasteiger charge is -2.11. The van der Waals surface area contributed by atoms with Crippen molar-refractivity contribution >= 4 is 38.4 Å². The van der Waals surface area contributed by atoms with Crippen molar-refractivity contribution < 1.29 is 4.42 Å². The molecule has 0 amide bonds. The number of hydrogen-bond acceptors (Lipinski definition) is 2. The normalized spacial score (nSPS) is 11.7. The largest absolute Gasteiger partial charge is 0.455 e. The van der Waals surface area contributed by atoms with Crippen LogP contribution in [0.4, 0.5) is 0 Å². The molecule has 178 valence electrons. The summed E-state index contributed by atoms with van der Waals surface area (Å²) in [6, 6.07) is 42.6. The molecule has 8 rings (SSSR count). The van der Waals surface area contributed by atoms with Gasteiger partial charge < -0.3 is 8.82 Å². The molecule has 8 aromatic rings. The van der Waals surface area contributed by atoms with Gasteiger partial charge in [0.2, 0.25) is 0 Å². The minimum atomic E-state index is 0.915. The summed E-state index contributed by atoms with van der Waals surface area (Å²) < 4.78 is 8.52. The highest BCUT2D eigenvalue weighted by Gasteiger charge is 2.16. The Labute approximate surface area is 219 Å². The van der Waals surface area contributed by atoms with Crippen molar-refractivity contribution in [3.8, 4) is 33.5 Å². The van der Waals surface area contributed by atoms with Gasteiger partial charge in [-0.15, -0.1) is 0 Å². The third-order valence-electron chi connectivity index (χ3n) is 7.42. The van der Waals surface area contributed by atoms with Gasteiger partial charge in [0.15, 0.2) is 0 Å². The predicted molar refractivity (Wildman–Crippen MR) is 156 cm³/mol. The van der Waals surface area contributed by atoms with E-state index in [0.29, 0.717) is 0 Å². The lowest BCUT2D eigenvalue weighted by molar-refractivity contribution is 0.670. The van der Waals surface area contributed by atoms with Gasteiger partial charge in [0.25, 0.3) is 0 Å². The summed E-state index contributed by atoms with van der Waals surface area (Å²) >= 11 is 0. The zero-order valence-electron chi connectivity index (χ0n) is 20.5. The average molecular weight is 487 g/mol. The molecule has 5 aromatic carbocycles. The van der Waals surface area contributed by atoms with Crippen LogP contribution in [0.2, 0.25) is 0 Å². The van der Waals surface area contributed by atoms with Gasteiger partial charge in [0, 0.05) is 34.3 Å². The highest BCUT2D eigenvalue weighted by molar-refractivity contribution is 6.18. The molecule has 3 heterocycles. The van der Waals surface area contributed by atoms with E-state index in [9.17, 15) is 0 Å². The lowest BCUT2D eigenvalue weighted by atomic mass is 9.93. The molecule has 0 unspecified atom stereocenters. The van der Waals surface area contributed by atoms with Crippen molar-refractivity contribution in [1.29, 1.82) is 0 Å². The first-order valence-corrected chi connectivity index (χ1v) is 12.8. The van der Waals surface area contributed by atoms with Crippen molar-refractivity contribution in [1.82, 2.24) is 9.38 Å². The highest BCUT2D eigenvalue weighted by atomic mass is 16.3. The van der Waals surface area contributed by atoms with Crippen molar-refractivity contribution in [2.45, 2.75) is 0 Å². The first-order chi connectivity index (χ1) is 18.8. The number of fused-ring (bicyclic) bond motifs is 5. The second-order valence-corrected chi connectivity index (χ2v) is 9.70. The number of para-hydroxylation sites is 1. The van der Waals surface area contributed by atoms with Gasteiger partial charge in [0.05, 0.1) is 5.69 Å². The molecule has 0 saturated heterocycles. The molecule has 0 atom stereocenters. The molecule has 0 radical (unpaired) electrons. The number of imidazole rings is 1. The van der Waals surface area contributed by atoms with E-state index in [1.54, 1.807) is 0 Å². The Morgan fingerprint density at radius 3 is 2.21 bits per heavy atom. The zero-order valence-corrected chi connectivity index (χ0v) is 20.5. The van der Waals surface area contributed by atoms with Crippen LogP contribution in [0.5, 0.6) is 0 Å². The molecule has 0 bridgehead atoms. The van der Waals surface area contributed by atoms with Crippen LogP contribution in [0.15, 0.2) is 138 Å². The van der Waals surface area contributed by atoms with Gasteiger partial charge in [-0.1, -0.05) is 91.0 Å². The fourth-order valence-electron chi connectivity index (χ4n) is 5.57. The number of aromatic nitrogens is 2. The third-order valence-corrected chi connectivity index (χ3v) is 7.42. The molecule has 0 N–H and O–H groups in total. The monoisotopic (exact) mass is 486 g/mol. The van der Waals surface area contributed by atoms with Crippen molar-refractivity contribution in [2.75, 3.05) is 0 Å². The quantitative estimate of drug-likeness (QED) is 0.249. The third kappa shape index (κ3) is 3.26. The Morgan fingerprint density at radius 2 is 1.32 bits per heavy atom. The van der Waals surface area contributed by atoms with E-state index in [1.807, 2.05) is 36.5 Å². The molecule has 3 heteroatoms. The van der Waals surface area contributed by atoms with E-state index in [-0.39, 0.29) is 0 Å². The fraction of sp³-hybridized carbons (Fsp3) is 0. The summed E-state index contributed by atoms with van der Waals surface area (Å²) in [5.41, 5.74) is 9.49. The first kappa shape index (κ1) is 21.0. The molecule has 0 spiro atoms. The van der Waals surface area contributed by atoms with E-state index < -0.39 is 0 Å². The SMILES string of the molecule is c1cc(-c2ccc(-c3cn4ccccc4n3)cc2)cc(-c2c3ccccc3cc3c2oc2ccccc23)c1. The maximum Gasteiger partial charge on any atom is 0.143 e. The molecule has 38 heavy (non-hydrogen) atoms.